The Balaban J connectivity index is 1.64. The fourth-order valence-corrected chi connectivity index (χ4v) is 5.57. The van der Waals surface area contributed by atoms with Gasteiger partial charge in [0.2, 0.25) is 0 Å². The summed E-state index contributed by atoms with van der Waals surface area (Å²) in [5, 5.41) is 10.5. The smallest absolute Gasteiger partial charge is 0.142 e. The highest BCUT2D eigenvalue weighted by atomic mass is 35.5. The summed E-state index contributed by atoms with van der Waals surface area (Å²) in [7, 11) is 0. The van der Waals surface area contributed by atoms with Crippen LogP contribution in [0.25, 0.3) is 0 Å². The lowest BCUT2D eigenvalue weighted by Crippen LogP contribution is -2.49. The van der Waals surface area contributed by atoms with E-state index in [0.717, 1.165) is 28.9 Å². The average Bonchev–Trinajstić information content (AvgIpc) is 2.40. The molecule has 0 amide bonds. The average molecular weight is 304 g/mol. The molecule has 0 spiro atoms. The molecule has 4 fully saturated rings. The molecule has 0 radical (unpaired) electrons. The maximum Gasteiger partial charge on any atom is 0.142 e. The number of phenols is 1. The number of rotatable bonds is 2. The van der Waals surface area contributed by atoms with Gasteiger partial charge in [0.1, 0.15) is 5.75 Å². The second kappa shape index (κ2) is 4.74. The van der Waals surface area contributed by atoms with Crippen molar-refractivity contribution in [3.8, 4) is 5.75 Å². The number of aliphatic imine (C=N–C) groups is 1. The number of phenolic OH excluding ortho intramolecular Hbond substituents is 1. The highest BCUT2D eigenvalue weighted by Crippen LogP contribution is 2.57. The summed E-state index contributed by atoms with van der Waals surface area (Å²) in [5.41, 5.74) is 1.97. The quantitative estimate of drug-likeness (QED) is 0.786. The topological polar surface area (TPSA) is 32.6 Å². The van der Waals surface area contributed by atoms with Gasteiger partial charge in [-0.05, 0) is 80.9 Å². The largest absolute Gasteiger partial charge is 0.506 e. The van der Waals surface area contributed by atoms with Crippen molar-refractivity contribution in [3.05, 3.63) is 28.3 Å². The van der Waals surface area contributed by atoms with Gasteiger partial charge in [-0.1, -0.05) is 11.6 Å². The number of aromatic hydroxyl groups is 1. The number of hydrogen-bond acceptors (Lipinski definition) is 2. The van der Waals surface area contributed by atoms with E-state index in [1.165, 1.54) is 38.5 Å². The molecule has 4 aliphatic rings. The molecule has 0 aromatic heterocycles. The summed E-state index contributed by atoms with van der Waals surface area (Å²) < 4.78 is 0. The Labute approximate surface area is 131 Å². The molecule has 2 nitrogen and oxygen atoms in total. The first-order valence-corrected chi connectivity index (χ1v) is 8.45. The Morgan fingerprint density at radius 2 is 1.71 bits per heavy atom. The third-order valence-electron chi connectivity index (χ3n) is 5.72. The van der Waals surface area contributed by atoms with Crippen LogP contribution in [0.15, 0.2) is 17.1 Å². The van der Waals surface area contributed by atoms with Crippen molar-refractivity contribution < 1.29 is 5.11 Å². The van der Waals surface area contributed by atoms with E-state index in [1.54, 1.807) is 6.07 Å². The number of halogens is 1. The van der Waals surface area contributed by atoms with Gasteiger partial charge in [0.05, 0.1) is 10.6 Å². The molecule has 0 aliphatic heterocycles. The third-order valence-corrected chi connectivity index (χ3v) is 6.01. The lowest BCUT2D eigenvalue weighted by molar-refractivity contribution is 0.00194. The van der Waals surface area contributed by atoms with E-state index in [9.17, 15) is 5.11 Å². The second-order valence-electron chi connectivity index (χ2n) is 7.58. The zero-order chi connectivity index (χ0) is 14.6. The standard InChI is InChI=1S/C18H22ClNO/c1-11-2-15(17(21)16(19)3-11)10-20-18-7-12-4-13(8-18)6-14(5-12)9-18/h2-3,10,12-14,21H,4-9H2,1H3. The number of aryl methyl sites for hydroxylation is 1. The molecule has 1 aromatic carbocycles. The van der Waals surface area contributed by atoms with Crippen molar-refractivity contribution in [1.82, 2.24) is 0 Å². The van der Waals surface area contributed by atoms with Gasteiger partial charge in [0.25, 0.3) is 0 Å². The molecule has 1 N–H and O–H groups in total. The SMILES string of the molecule is Cc1cc(Cl)c(O)c(C=NC23CC4CC(CC(C4)C2)C3)c1. The minimum atomic E-state index is 0.150. The maximum absolute atomic E-state index is 10.1. The first kappa shape index (κ1) is 13.6. The molecule has 4 saturated carbocycles. The molecule has 112 valence electrons. The number of nitrogens with zero attached hydrogens (tertiary/aromatic N) is 1. The highest BCUT2D eigenvalue weighted by Gasteiger charge is 2.50. The van der Waals surface area contributed by atoms with Crippen LogP contribution in [-0.4, -0.2) is 16.9 Å². The van der Waals surface area contributed by atoms with E-state index >= 15 is 0 Å². The Kier molecular flexibility index (Phi) is 3.08. The van der Waals surface area contributed by atoms with E-state index in [1.807, 2.05) is 19.2 Å². The summed E-state index contributed by atoms with van der Waals surface area (Å²) in [5.74, 6) is 2.84. The van der Waals surface area contributed by atoms with Crippen LogP contribution in [0.5, 0.6) is 5.75 Å². The predicted octanol–water partition coefficient (Wildman–Crippen LogP) is 4.74. The van der Waals surface area contributed by atoms with Crippen molar-refractivity contribution in [2.45, 2.75) is 51.0 Å². The molecule has 0 saturated heterocycles. The minimum absolute atomic E-state index is 0.150. The van der Waals surface area contributed by atoms with Gasteiger partial charge in [0, 0.05) is 11.8 Å². The van der Waals surface area contributed by atoms with Gasteiger partial charge in [-0.25, -0.2) is 0 Å². The summed E-state index contributed by atoms with van der Waals surface area (Å²) in [4.78, 5) is 4.99. The van der Waals surface area contributed by atoms with Crippen LogP contribution in [0.2, 0.25) is 5.02 Å². The second-order valence-corrected chi connectivity index (χ2v) is 7.99. The number of hydrogen-bond donors (Lipinski definition) is 1. The van der Waals surface area contributed by atoms with E-state index in [4.69, 9.17) is 16.6 Å². The molecule has 0 atom stereocenters. The predicted molar refractivity (Wildman–Crippen MR) is 86.4 cm³/mol. The van der Waals surface area contributed by atoms with Crippen LogP contribution in [0.1, 0.15) is 49.7 Å². The lowest BCUT2D eigenvalue weighted by Gasteiger charge is -2.54. The molecule has 1 aromatic rings. The fraction of sp³-hybridized carbons (Fsp3) is 0.611. The van der Waals surface area contributed by atoms with Crippen LogP contribution < -0.4 is 0 Å². The molecule has 3 heteroatoms. The molecule has 21 heavy (non-hydrogen) atoms. The summed E-state index contributed by atoms with van der Waals surface area (Å²) in [6.45, 7) is 1.99. The van der Waals surface area contributed by atoms with Gasteiger partial charge in [-0.2, -0.15) is 0 Å². The normalized spacial score (nSPS) is 37.5. The summed E-state index contributed by atoms with van der Waals surface area (Å²) in [6.07, 6.45) is 9.89. The summed E-state index contributed by atoms with van der Waals surface area (Å²) in [6, 6.07) is 3.75. The fourth-order valence-electron chi connectivity index (χ4n) is 5.29. The molecular formula is C18H22ClNO. The molecule has 0 heterocycles. The van der Waals surface area contributed by atoms with Crippen LogP contribution in [0, 0.1) is 24.7 Å². The van der Waals surface area contributed by atoms with Gasteiger partial charge in [-0.3, -0.25) is 4.99 Å². The Morgan fingerprint density at radius 1 is 1.14 bits per heavy atom. The Bertz CT molecular complexity index is 572. The zero-order valence-electron chi connectivity index (χ0n) is 12.5. The maximum atomic E-state index is 10.1. The molecule has 4 aliphatic carbocycles. The van der Waals surface area contributed by atoms with Crippen molar-refractivity contribution >= 4 is 17.8 Å². The first-order valence-electron chi connectivity index (χ1n) is 8.07. The van der Waals surface area contributed by atoms with E-state index in [0.29, 0.717) is 5.02 Å². The van der Waals surface area contributed by atoms with E-state index in [-0.39, 0.29) is 11.3 Å². The van der Waals surface area contributed by atoms with Gasteiger partial charge >= 0.3 is 0 Å². The van der Waals surface area contributed by atoms with Crippen molar-refractivity contribution in [2.24, 2.45) is 22.7 Å². The van der Waals surface area contributed by atoms with Gasteiger partial charge < -0.3 is 5.11 Å². The number of benzene rings is 1. The molecular weight excluding hydrogens is 282 g/mol. The van der Waals surface area contributed by atoms with Crippen LogP contribution in [-0.2, 0) is 0 Å². The van der Waals surface area contributed by atoms with Gasteiger partial charge in [-0.15, -0.1) is 0 Å². The summed E-state index contributed by atoms with van der Waals surface area (Å²) >= 11 is 6.06. The van der Waals surface area contributed by atoms with Crippen molar-refractivity contribution in [1.29, 1.82) is 0 Å². The van der Waals surface area contributed by atoms with E-state index in [2.05, 4.69) is 0 Å². The Hall–Kier alpha value is -1.02. The first-order chi connectivity index (χ1) is 10.0. The van der Waals surface area contributed by atoms with Crippen LogP contribution in [0.3, 0.4) is 0 Å². The zero-order valence-corrected chi connectivity index (χ0v) is 13.2. The lowest BCUT2D eigenvalue weighted by atomic mass is 9.53. The van der Waals surface area contributed by atoms with Gasteiger partial charge in [0.15, 0.2) is 0 Å². The van der Waals surface area contributed by atoms with Crippen LogP contribution >= 0.6 is 11.6 Å². The van der Waals surface area contributed by atoms with Crippen LogP contribution in [0.4, 0.5) is 0 Å². The van der Waals surface area contributed by atoms with E-state index < -0.39 is 0 Å². The molecule has 4 bridgehead atoms. The third kappa shape index (κ3) is 2.38. The highest BCUT2D eigenvalue weighted by molar-refractivity contribution is 6.32. The monoisotopic (exact) mass is 303 g/mol. The minimum Gasteiger partial charge on any atom is -0.506 e. The molecule has 0 unspecified atom stereocenters. The Morgan fingerprint density at radius 3 is 2.29 bits per heavy atom. The van der Waals surface area contributed by atoms with Crippen molar-refractivity contribution in [2.75, 3.05) is 0 Å². The van der Waals surface area contributed by atoms with Crippen molar-refractivity contribution in [3.63, 3.8) is 0 Å². The molecule has 5 rings (SSSR count).